The second-order valence-electron chi connectivity index (χ2n) is 18.3. The first-order valence-corrected chi connectivity index (χ1v) is 24.5. The minimum Gasteiger partial charge on any atom is -0.477 e. The number of carboxylic acid groups (broad SMARTS) is 1. The summed E-state index contributed by atoms with van der Waals surface area (Å²) in [5.74, 6) is -7.78. The molecule has 5 saturated heterocycles. The van der Waals surface area contributed by atoms with Gasteiger partial charge in [-0.25, -0.2) is 8.98 Å². The van der Waals surface area contributed by atoms with E-state index in [1.807, 2.05) is 0 Å². The zero-order valence-electron chi connectivity index (χ0n) is 40.2. The molecule has 74 heavy (non-hydrogen) atoms. The van der Waals surface area contributed by atoms with Crippen molar-refractivity contribution in [2.45, 2.75) is 206 Å². The van der Waals surface area contributed by atoms with E-state index in [-0.39, 0.29) is 6.42 Å². The van der Waals surface area contributed by atoms with Crippen LogP contribution in [0.5, 0.6) is 0 Å². The predicted molar refractivity (Wildman–Crippen MR) is 231 cm³/mol. The van der Waals surface area contributed by atoms with Gasteiger partial charge in [0.15, 0.2) is 25.2 Å². The number of carbonyl (C=O) groups excluding carboxylic acids is 3. The standard InChI is InChI=1S/C40H67N3O30S/c1-6-15(49)24(52)32-20(41-12(3)46)16(50)7-40(72-32,39(59)60)73-34-25(53)17(8-44)67-38(29(34)57)70-31-18(9-45)68-36(22(43-14(5)48)33(31)71-37-28(56)27(55)23(51)11(2)65-37)69-30-19(10-64-74(61,62)63)66-35(58)21(26(30)54)42-13(4)47/h11,15-38,44-45,49-58H,6-10H2,1-5H3,(H,41,46)(H,42,47)(H,43,48)(H,59,60)(H,61,62,63)/t11-,15+,16-,17+,18+,19+,20+,21+,22+,23+,24+,25-,26+,27+,28-,29+,30+,31+,32+,33+,34-,35?,36-,37-,38-,40-/m0/s1. The van der Waals surface area contributed by atoms with Gasteiger partial charge < -0.3 is 125 Å². The number of hydrogen-bond acceptors (Lipinski definition) is 28. The molecule has 5 heterocycles. The Balaban J connectivity index is 1.58. The van der Waals surface area contributed by atoms with E-state index in [1.165, 1.54) is 13.8 Å². The third kappa shape index (κ3) is 14.1. The van der Waals surface area contributed by atoms with E-state index >= 15 is 0 Å². The third-order valence-corrected chi connectivity index (χ3v) is 13.3. The minimum atomic E-state index is -5.26. The van der Waals surface area contributed by atoms with Crippen molar-refractivity contribution in [3.63, 3.8) is 0 Å². The number of nitrogens with one attached hydrogen (secondary N) is 3. The van der Waals surface area contributed by atoms with Crippen LogP contribution in [0.4, 0.5) is 0 Å². The average Bonchev–Trinajstić information content (AvgIpc) is 3.32. The van der Waals surface area contributed by atoms with Crippen molar-refractivity contribution in [3.05, 3.63) is 0 Å². The summed E-state index contributed by atoms with van der Waals surface area (Å²) in [6.45, 7) is 2.08. The van der Waals surface area contributed by atoms with Gasteiger partial charge in [0.25, 0.3) is 5.79 Å². The van der Waals surface area contributed by atoms with Crippen molar-refractivity contribution in [1.29, 1.82) is 0 Å². The molecule has 34 heteroatoms. The average molecular weight is 1100 g/mol. The molecule has 5 aliphatic heterocycles. The van der Waals surface area contributed by atoms with Crippen molar-refractivity contribution in [2.75, 3.05) is 19.8 Å². The normalized spacial score (nSPS) is 43.9. The maximum absolute atomic E-state index is 13.2. The van der Waals surface area contributed by atoms with Crippen LogP contribution in [0.25, 0.3) is 0 Å². The van der Waals surface area contributed by atoms with Crippen molar-refractivity contribution in [2.24, 2.45) is 0 Å². The van der Waals surface area contributed by atoms with E-state index in [9.17, 15) is 98.5 Å². The monoisotopic (exact) mass is 1100 g/mol. The van der Waals surface area contributed by atoms with Crippen LogP contribution in [0.1, 0.15) is 47.5 Å². The fourth-order valence-corrected chi connectivity index (χ4v) is 9.46. The van der Waals surface area contributed by atoms with Crippen LogP contribution < -0.4 is 16.0 Å². The van der Waals surface area contributed by atoms with Crippen molar-refractivity contribution < 1.29 is 145 Å². The Hall–Kier alpha value is -3.09. The molecule has 428 valence electrons. The summed E-state index contributed by atoms with van der Waals surface area (Å²) < 4.78 is 89.7. The molecule has 0 aromatic heterocycles. The van der Waals surface area contributed by atoms with Gasteiger partial charge in [-0.3, -0.25) is 18.9 Å². The molecular formula is C40H67N3O30S. The fourth-order valence-electron chi connectivity index (χ4n) is 9.16. The summed E-state index contributed by atoms with van der Waals surface area (Å²) in [5, 5.41) is 150. The lowest BCUT2D eigenvalue weighted by molar-refractivity contribution is -0.395. The SMILES string of the molecule is CC[C@@H](O)[C@@H](O)[C@@H]1O[C@@](O[C@H]2[C@@H](O)[C@@H](CO)O[C@@H](O[C@H]3[C@H](O[C@@H]4O[C@@H](C)[C@@H](O)[C@@H](O)[C@@H]4O)[C@@H](NC(C)=O)[C@H](O[C@H]4[C@H](O)[C@@H](NC(C)=O)C(O)O[C@@H]4COS(=O)(=O)O)O[C@@H]3CO)[C@@H]2O)(C(=O)O)C[C@H](O)[C@H]1NC(C)=O. The van der Waals surface area contributed by atoms with Crippen LogP contribution in [0.2, 0.25) is 0 Å². The van der Waals surface area contributed by atoms with Crippen LogP contribution in [0, 0.1) is 0 Å². The highest BCUT2D eigenvalue weighted by Gasteiger charge is 2.61. The van der Waals surface area contributed by atoms with Gasteiger partial charge in [0, 0.05) is 27.2 Å². The lowest BCUT2D eigenvalue weighted by atomic mass is 9.87. The third-order valence-electron chi connectivity index (χ3n) is 12.9. The Morgan fingerprint density at radius 2 is 1.19 bits per heavy atom. The summed E-state index contributed by atoms with van der Waals surface area (Å²) >= 11 is 0. The molecule has 26 atom stereocenters. The highest BCUT2D eigenvalue weighted by Crippen LogP contribution is 2.40. The summed E-state index contributed by atoms with van der Waals surface area (Å²) in [7, 11) is -5.26. The predicted octanol–water partition coefficient (Wildman–Crippen LogP) is -10.0. The molecule has 0 radical (unpaired) electrons. The second-order valence-corrected chi connectivity index (χ2v) is 19.4. The molecule has 3 amide bonds. The molecule has 5 fully saturated rings. The zero-order chi connectivity index (χ0) is 55.5. The molecule has 33 nitrogen and oxygen atoms in total. The van der Waals surface area contributed by atoms with Crippen molar-refractivity contribution >= 4 is 34.1 Å². The van der Waals surface area contributed by atoms with Crippen molar-refractivity contribution in [3.8, 4) is 0 Å². The quantitative estimate of drug-likeness (QED) is 0.0503. The molecule has 5 aliphatic rings. The molecule has 0 saturated carbocycles. The highest BCUT2D eigenvalue weighted by atomic mass is 32.3. The Bertz CT molecular complexity index is 2010. The van der Waals surface area contributed by atoms with E-state index in [0.717, 1.165) is 20.8 Å². The fraction of sp³-hybridized carbons (Fsp3) is 0.900. The van der Waals surface area contributed by atoms with Gasteiger partial charge in [0.05, 0.1) is 44.2 Å². The molecule has 0 spiro atoms. The molecule has 17 N–H and O–H groups in total. The van der Waals surface area contributed by atoms with Gasteiger partial charge in [-0.05, 0) is 13.3 Å². The Labute approximate surface area is 421 Å². The van der Waals surface area contributed by atoms with Crippen LogP contribution in [0.15, 0.2) is 0 Å². The van der Waals surface area contributed by atoms with E-state index in [0.29, 0.717) is 0 Å². The van der Waals surface area contributed by atoms with Gasteiger partial charge in [-0.1, -0.05) is 6.92 Å². The lowest BCUT2D eigenvalue weighted by Gasteiger charge is -2.52. The molecule has 0 aliphatic carbocycles. The Morgan fingerprint density at radius 3 is 1.74 bits per heavy atom. The summed E-state index contributed by atoms with van der Waals surface area (Å²) in [4.78, 5) is 50.4. The number of carbonyl (C=O) groups is 4. The Morgan fingerprint density at radius 1 is 0.649 bits per heavy atom. The number of aliphatic carboxylic acids is 1. The molecule has 0 bridgehead atoms. The van der Waals surface area contributed by atoms with E-state index < -0.39 is 219 Å². The maximum Gasteiger partial charge on any atom is 0.397 e. The summed E-state index contributed by atoms with van der Waals surface area (Å²) in [6, 6.07) is -5.27. The first-order chi connectivity index (χ1) is 34.5. The number of ether oxygens (including phenoxy) is 9. The number of amides is 3. The van der Waals surface area contributed by atoms with E-state index in [4.69, 9.17) is 42.6 Å². The number of hydrogen-bond donors (Lipinski definition) is 17. The molecule has 0 aromatic rings. The van der Waals surface area contributed by atoms with Gasteiger partial charge in [-0.15, -0.1) is 0 Å². The topological polar surface area (TPSA) is 514 Å². The maximum atomic E-state index is 13.2. The summed E-state index contributed by atoms with van der Waals surface area (Å²) in [5.41, 5.74) is 0. The number of rotatable bonds is 20. The first-order valence-electron chi connectivity index (χ1n) is 23.1. The number of aliphatic hydroxyl groups is 12. The number of aliphatic hydroxyl groups excluding tert-OH is 12. The first kappa shape index (κ1) is 61.8. The molecule has 5 rings (SSSR count). The van der Waals surface area contributed by atoms with Gasteiger partial charge >= 0.3 is 16.4 Å². The van der Waals surface area contributed by atoms with E-state index in [1.54, 1.807) is 0 Å². The second kappa shape index (κ2) is 25.6. The van der Waals surface area contributed by atoms with Gasteiger partial charge in [0.2, 0.25) is 17.7 Å². The number of carboxylic acids is 1. The smallest absolute Gasteiger partial charge is 0.397 e. The molecular weight excluding hydrogens is 1030 g/mol. The molecule has 0 aromatic carbocycles. The summed E-state index contributed by atoms with van der Waals surface area (Å²) in [6.07, 6.45) is -45.5. The van der Waals surface area contributed by atoms with Crippen LogP contribution in [0.3, 0.4) is 0 Å². The lowest BCUT2D eigenvalue weighted by Crippen LogP contribution is -2.72. The largest absolute Gasteiger partial charge is 0.477 e. The van der Waals surface area contributed by atoms with Crippen molar-refractivity contribution in [1.82, 2.24) is 16.0 Å². The van der Waals surface area contributed by atoms with Crippen LogP contribution >= 0.6 is 0 Å². The van der Waals surface area contributed by atoms with Gasteiger partial charge in [0.1, 0.15) is 104 Å². The highest BCUT2D eigenvalue weighted by molar-refractivity contribution is 7.80. The van der Waals surface area contributed by atoms with Crippen LogP contribution in [-0.2, 0) is 76.4 Å². The Kier molecular flexibility index (Phi) is 21.4. The van der Waals surface area contributed by atoms with Crippen LogP contribution in [-0.4, -0.2) is 282 Å². The van der Waals surface area contributed by atoms with Gasteiger partial charge in [-0.2, -0.15) is 8.42 Å². The zero-order valence-corrected chi connectivity index (χ0v) is 41.0. The molecule has 1 unspecified atom stereocenters. The minimum absolute atomic E-state index is 0.153. The van der Waals surface area contributed by atoms with E-state index in [2.05, 4.69) is 20.1 Å².